The molecule has 1 aromatic rings. The molecule has 0 bridgehead atoms. The molecule has 0 N–H and O–H groups in total. The predicted octanol–water partition coefficient (Wildman–Crippen LogP) is 3.91. The number of carbonyl (C=O) groups excluding carboxylic acids is 1. The highest BCUT2D eigenvalue weighted by molar-refractivity contribution is 14.1. The van der Waals surface area contributed by atoms with E-state index in [-0.39, 0.29) is 5.91 Å². The summed E-state index contributed by atoms with van der Waals surface area (Å²) in [5.41, 5.74) is 0.727. The number of amides is 1. The minimum absolute atomic E-state index is 0.112. The van der Waals surface area contributed by atoms with Crippen LogP contribution in [0.1, 0.15) is 23.7 Å². The van der Waals surface area contributed by atoms with E-state index in [2.05, 4.69) is 29.5 Å². The molecule has 1 aliphatic heterocycles. The van der Waals surface area contributed by atoms with Crippen LogP contribution in [0.5, 0.6) is 0 Å². The Morgan fingerprint density at radius 3 is 3.11 bits per heavy atom. The van der Waals surface area contributed by atoms with Crippen LogP contribution < -0.4 is 0 Å². The Labute approximate surface area is 131 Å². The minimum atomic E-state index is 0.112. The van der Waals surface area contributed by atoms with Crippen LogP contribution in [0, 0.1) is 3.57 Å². The van der Waals surface area contributed by atoms with Gasteiger partial charge in [-0.1, -0.05) is 18.5 Å². The molecule has 1 saturated heterocycles. The molecular formula is C13H15ClINOS. The molecule has 2 rings (SSSR count). The maximum Gasteiger partial charge on any atom is 0.255 e. The van der Waals surface area contributed by atoms with Crippen molar-refractivity contribution in [1.29, 1.82) is 0 Å². The van der Waals surface area contributed by atoms with Crippen molar-refractivity contribution in [3.05, 3.63) is 32.4 Å². The molecule has 0 radical (unpaired) electrons. The molecule has 1 aliphatic rings. The zero-order valence-corrected chi connectivity index (χ0v) is 13.9. The van der Waals surface area contributed by atoms with Crippen molar-refractivity contribution in [3.63, 3.8) is 0 Å². The first-order valence-corrected chi connectivity index (χ1v) is 8.48. The van der Waals surface area contributed by atoms with Gasteiger partial charge in [0.25, 0.3) is 5.91 Å². The van der Waals surface area contributed by atoms with Crippen LogP contribution in [-0.4, -0.2) is 34.9 Å². The summed E-state index contributed by atoms with van der Waals surface area (Å²) < 4.78 is 0.966. The van der Waals surface area contributed by atoms with Crippen molar-refractivity contribution in [3.8, 4) is 0 Å². The Morgan fingerprint density at radius 2 is 2.39 bits per heavy atom. The normalized spacial score (nSPS) is 19.9. The standard InChI is InChI=1S/C13H15ClINOS/c1-2-10-8-16(5-6-18-10)13(17)11-7-9(14)3-4-12(11)15/h3-4,7,10H,2,5-6,8H2,1H3. The Bertz CT molecular complexity index is 455. The Balaban J connectivity index is 2.17. The van der Waals surface area contributed by atoms with E-state index >= 15 is 0 Å². The first-order chi connectivity index (χ1) is 8.61. The molecule has 0 saturated carbocycles. The fraction of sp³-hybridized carbons (Fsp3) is 0.462. The van der Waals surface area contributed by atoms with Gasteiger partial charge in [-0.05, 0) is 47.2 Å². The number of thioether (sulfide) groups is 1. The third-order valence-electron chi connectivity index (χ3n) is 3.04. The quantitative estimate of drug-likeness (QED) is 0.708. The molecule has 1 fully saturated rings. The topological polar surface area (TPSA) is 20.3 Å². The molecule has 0 spiro atoms. The van der Waals surface area contributed by atoms with Crippen molar-refractivity contribution in [2.24, 2.45) is 0 Å². The van der Waals surface area contributed by atoms with Gasteiger partial charge in [-0.15, -0.1) is 0 Å². The SMILES string of the molecule is CCC1CN(C(=O)c2cc(Cl)ccc2I)CCS1. The van der Waals surface area contributed by atoms with Crippen LogP contribution in [0.25, 0.3) is 0 Å². The Kier molecular flexibility index (Phi) is 5.21. The highest BCUT2D eigenvalue weighted by atomic mass is 127. The van der Waals surface area contributed by atoms with E-state index in [9.17, 15) is 4.79 Å². The molecule has 1 atom stereocenters. The Morgan fingerprint density at radius 1 is 1.61 bits per heavy atom. The van der Waals surface area contributed by atoms with Crippen molar-refractivity contribution < 1.29 is 4.79 Å². The van der Waals surface area contributed by atoms with Gasteiger partial charge in [0.05, 0.1) is 5.56 Å². The van der Waals surface area contributed by atoms with Crippen LogP contribution in [0.4, 0.5) is 0 Å². The lowest BCUT2D eigenvalue weighted by molar-refractivity contribution is 0.0760. The summed E-state index contributed by atoms with van der Waals surface area (Å²) in [6.07, 6.45) is 1.11. The predicted molar refractivity (Wildman–Crippen MR) is 86.6 cm³/mol. The molecule has 1 aromatic carbocycles. The number of carbonyl (C=O) groups is 1. The van der Waals surface area contributed by atoms with Gasteiger partial charge in [-0.25, -0.2) is 0 Å². The van der Waals surface area contributed by atoms with E-state index in [0.29, 0.717) is 10.3 Å². The minimum Gasteiger partial charge on any atom is -0.337 e. The maximum absolute atomic E-state index is 12.5. The highest BCUT2D eigenvalue weighted by Crippen LogP contribution is 2.25. The second-order valence-electron chi connectivity index (χ2n) is 4.28. The smallest absolute Gasteiger partial charge is 0.255 e. The fourth-order valence-electron chi connectivity index (χ4n) is 1.98. The van der Waals surface area contributed by atoms with Crippen molar-refractivity contribution in [1.82, 2.24) is 4.90 Å². The largest absolute Gasteiger partial charge is 0.337 e. The van der Waals surface area contributed by atoms with Gasteiger partial charge < -0.3 is 4.90 Å². The van der Waals surface area contributed by atoms with Crippen LogP contribution in [0.3, 0.4) is 0 Å². The van der Waals surface area contributed by atoms with E-state index in [1.807, 2.05) is 28.8 Å². The van der Waals surface area contributed by atoms with E-state index in [4.69, 9.17) is 11.6 Å². The zero-order chi connectivity index (χ0) is 13.1. The van der Waals surface area contributed by atoms with E-state index < -0.39 is 0 Å². The summed E-state index contributed by atoms with van der Waals surface area (Å²) >= 11 is 10.1. The average molecular weight is 396 g/mol. The van der Waals surface area contributed by atoms with E-state index in [1.54, 1.807) is 6.07 Å². The van der Waals surface area contributed by atoms with Gasteiger partial charge >= 0.3 is 0 Å². The van der Waals surface area contributed by atoms with Gasteiger partial charge in [-0.2, -0.15) is 11.8 Å². The molecule has 98 valence electrons. The fourth-order valence-corrected chi connectivity index (χ4v) is 3.90. The molecule has 5 heteroatoms. The molecule has 2 nitrogen and oxygen atoms in total. The van der Waals surface area contributed by atoms with Gasteiger partial charge in [0, 0.05) is 32.7 Å². The second kappa shape index (κ2) is 6.48. The lowest BCUT2D eigenvalue weighted by atomic mass is 10.2. The summed E-state index contributed by atoms with van der Waals surface area (Å²) in [4.78, 5) is 14.4. The van der Waals surface area contributed by atoms with Gasteiger partial charge in [0.2, 0.25) is 0 Å². The molecule has 0 aliphatic carbocycles. The first kappa shape index (κ1) is 14.5. The van der Waals surface area contributed by atoms with Crippen molar-refractivity contribution in [2.45, 2.75) is 18.6 Å². The summed E-state index contributed by atoms with van der Waals surface area (Å²) in [5.74, 6) is 1.14. The molecule has 1 unspecified atom stereocenters. The second-order valence-corrected chi connectivity index (χ2v) is 7.28. The summed E-state index contributed by atoms with van der Waals surface area (Å²) in [5, 5.41) is 1.19. The first-order valence-electron chi connectivity index (χ1n) is 5.97. The third kappa shape index (κ3) is 3.33. The van der Waals surface area contributed by atoms with Gasteiger partial charge in [0.15, 0.2) is 0 Å². The average Bonchev–Trinajstić information content (AvgIpc) is 2.41. The number of hydrogen-bond donors (Lipinski definition) is 0. The van der Waals surface area contributed by atoms with E-state index in [0.717, 1.165) is 34.4 Å². The summed E-state index contributed by atoms with van der Waals surface area (Å²) in [6.45, 7) is 3.86. The van der Waals surface area contributed by atoms with Crippen LogP contribution in [0.2, 0.25) is 5.02 Å². The van der Waals surface area contributed by atoms with Crippen molar-refractivity contribution >= 4 is 51.9 Å². The van der Waals surface area contributed by atoms with Gasteiger partial charge in [0.1, 0.15) is 0 Å². The van der Waals surface area contributed by atoms with E-state index in [1.165, 1.54) is 0 Å². The number of halogens is 2. The third-order valence-corrected chi connectivity index (χ3v) is 5.59. The monoisotopic (exact) mass is 395 g/mol. The molecular weight excluding hydrogens is 381 g/mol. The molecule has 1 amide bonds. The Hall–Kier alpha value is 0.0600. The molecule has 1 heterocycles. The van der Waals surface area contributed by atoms with Gasteiger partial charge in [-0.3, -0.25) is 4.79 Å². The molecule has 0 aromatic heterocycles. The summed E-state index contributed by atoms with van der Waals surface area (Å²) in [6, 6.07) is 5.49. The van der Waals surface area contributed by atoms with Crippen LogP contribution >= 0.6 is 46.0 Å². The number of hydrogen-bond acceptors (Lipinski definition) is 2. The highest BCUT2D eigenvalue weighted by Gasteiger charge is 2.25. The van der Waals surface area contributed by atoms with Crippen LogP contribution in [-0.2, 0) is 0 Å². The summed E-state index contributed by atoms with van der Waals surface area (Å²) in [7, 11) is 0. The lowest BCUT2D eigenvalue weighted by Crippen LogP contribution is -2.42. The molecule has 18 heavy (non-hydrogen) atoms. The zero-order valence-electron chi connectivity index (χ0n) is 10.2. The number of rotatable bonds is 2. The number of benzene rings is 1. The van der Waals surface area contributed by atoms with Crippen LogP contribution in [0.15, 0.2) is 18.2 Å². The lowest BCUT2D eigenvalue weighted by Gasteiger charge is -2.32. The number of nitrogens with zero attached hydrogens (tertiary/aromatic N) is 1. The van der Waals surface area contributed by atoms with Crippen molar-refractivity contribution in [2.75, 3.05) is 18.8 Å². The maximum atomic E-state index is 12.5.